The van der Waals surface area contributed by atoms with Gasteiger partial charge in [-0.15, -0.1) is 0 Å². The normalized spacial score (nSPS) is 19.1. The molecule has 0 N–H and O–H groups in total. The quantitative estimate of drug-likeness (QED) is 0.750. The number of amides is 1. The van der Waals surface area contributed by atoms with Gasteiger partial charge in [0, 0.05) is 6.54 Å². The van der Waals surface area contributed by atoms with Crippen LogP contribution in [0.2, 0.25) is 0 Å². The first-order valence-electron chi connectivity index (χ1n) is 5.74. The van der Waals surface area contributed by atoms with Gasteiger partial charge in [-0.1, -0.05) is 30.3 Å². The molecule has 1 unspecified atom stereocenters. The van der Waals surface area contributed by atoms with Crippen LogP contribution in [0.5, 0.6) is 0 Å². The Hall–Kier alpha value is -1.84. The van der Waals surface area contributed by atoms with E-state index in [1.54, 1.807) is 0 Å². The van der Waals surface area contributed by atoms with E-state index >= 15 is 0 Å². The molecular formula is C13H15NO3. The zero-order valence-electron chi connectivity index (χ0n) is 9.54. The highest BCUT2D eigenvalue weighted by atomic mass is 16.6. The summed E-state index contributed by atoms with van der Waals surface area (Å²) in [6.45, 7) is 0.860. The van der Waals surface area contributed by atoms with Gasteiger partial charge < -0.3 is 9.53 Å². The van der Waals surface area contributed by atoms with Crippen molar-refractivity contribution in [3.8, 4) is 0 Å². The Bertz CT molecular complexity index is 391. The van der Waals surface area contributed by atoms with Crippen LogP contribution in [0.15, 0.2) is 30.3 Å². The number of likely N-dealkylation sites (tertiary alicyclic amines) is 1. The molecule has 1 aromatic rings. The highest BCUT2D eigenvalue weighted by molar-refractivity contribution is 5.74. The lowest BCUT2D eigenvalue weighted by Gasteiger charge is -2.19. The Morgan fingerprint density at radius 1 is 1.41 bits per heavy atom. The third-order valence-electron chi connectivity index (χ3n) is 2.90. The molecule has 0 spiro atoms. The van der Waals surface area contributed by atoms with Crippen molar-refractivity contribution in [2.75, 3.05) is 6.54 Å². The molecule has 1 aliphatic heterocycles. The molecule has 17 heavy (non-hydrogen) atoms. The molecule has 0 aliphatic carbocycles. The summed E-state index contributed by atoms with van der Waals surface area (Å²) in [5.41, 5.74) is 0.947. The van der Waals surface area contributed by atoms with Crippen LogP contribution >= 0.6 is 0 Å². The first kappa shape index (κ1) is 11.6. The number of hydrogen-bond acceptors (Lipinski definition) is 3. The van der Waals surface area contributed by atoms with Gasteiger partial charge in [-0.3, -0.25) is 4.90 Å². The Labute approximate surface area is 100 Å². The van der Waals surface area contributed by atoms with Crippen LogP contribution in [0.25, 0.3) is 0 Å². The Kier molecular flexibility index (Phi) is 3.75. The summed E-state index contributed by atoms with van der Waals surface area (Å²) in [6.07, 6.45) is 2.02. The second kappa shape index (κ2) is 5.48. The van der Waals surface area contributed by atoms with Crippen molar-refractivity contribution in [2.24, 2.45) is 0 Å². The number of benzene rings is 1. The van der Waals surface area contributed by atoms with E-state index in [2.05, 4.69) is 0 Å². The average Bonchev–Trinajstić information content (AvgIpc) is 2.85. The maximum absolute atomic E-state index is 11.7. The zero-order valence-corrected chi connectivity index (χ0v) is 9.54. The van der Waals surface area contributed by atoms with Crippen LogP contribution < -0.4 is 0 Å². The summed E-state index contributed by atoms with van der Waals surface area (Å²) in [7, 11) is 0. The number of carbonyl (C=O) groups excluding carboxylic acids is 2. The van der Waals surface area contributed by atoms with Crippen LogP contribution in [0, 0.1) is 0 Å². The molecule has 0 radical (unpaired) electrons. The molecule has 1 heterocycles. The molecule has 1 saturated heterocycles. The molecule has 4 nitrogen and oxygen atoms in total. The van der Waals surface area contributed by atoms with Crippen LogP contribution in [-0.4, -0.2) is 29.9 Å². The van der Waals surface area contributed by atoms with Crippen LogP contribution in [-0.2, 0) is 16.1 Å². The predicted molar refractivity (Wildman–Crippen MR) is 62.4 cm³/mol. The summed E-state index contributed by atoms with van der Waals surface area (Å²) in [6, 6.07) is 9.19. The minimum absolute atomic E-state index is 0.252. The van der Waals surface area contributed by atoms with Crippen molar-refractivity contribution in [3.63, 3.8) is 0 Å². The minimum Gasteiger partial charge on any atom is -0.445 e. The van der Waals surface area contributed by atoms with Gasteiger partial charge in [0.15, 0.2) is 0 Å². The fraction of sp³-hybridized carbons (Fsp3) is 0.385. The fourth-order valence-corrected chi connectivity index (χ4v) is 1.96. The number of aldehydes is 1. The Morgan fingerprint density at radius 3 is 2.88 bits per heavy atom. The van der Waals surface area contributed by atoms with E-state index in [9.17, 15) is 9.59 Å². The van der Waals surface area contributed by atoms with Crippen molar-refractivity contribution in [1.82, 2.24) is 4.90 Å². The largest absolute Gasteiger partial charge is 0.445 e. The lowest BCUT2D eigenvalue weighted by Crippen LogP contribution is -2.36. The predicted octanol–water partition coefficient (Wildman–Crippen LogP) is 1.99. The number of hydrogen-bond donors (Lipinski definition) is 0. The number of carbonyl (C=O) groups is 2. The van der Waals surface area contributed by atoms with Crippen molar-refractivity contribution >= 4 is 12.4 Å². The third-order valence-corrected chi connectivity index (χ3v) is 2.90. The van der Waals surface area contributed by atoms with Crippen LogP contribution in [0.1, 0.15) is 18.4 Å². The van der Waals surface area contributed by atoms with Gasteiger partial charge >= 0.3 is 6.09 Å². The highest BCUT2D eigenvalue weighted by Gasteiger charge is 2.29. The number of rotatable bonds is 3. The first-order chi connectivity index (χ1) is 8.31. The number of ether oxygens (including phenoxy) is 1. The summed E-state index contributed by atoms with van der Waals surface area (Å²) >= 11 is 0. The van der Waals surface area contributed by atoms with E-state index in [1.165, 1.54) is 4.90 Å². The van der Waals surface area contributed by atoms with Gasteiger partial charge in [0.1, 0.15) is 12.9 Å². The van der Waals surface area contributed by atoms with Gasteiger partial charge in [-0.05, 0) is 18.4 Å². The SMILES string of the molecule is O=CC1CCCN1C(=O)OCc1ccccc1. The van der Waals surface area contributed by atoms with E-state index < -0.39 is 6.09 Å². The third kappa shape index (κ3) is 2.84. The maximum Gasteiger partial charge on any atom is 0.410 e. The summed E-state index contributed by atoms with van der Waals surface area (Å²) < 4.78 is 5.17. The van der Waals surface area contributed by atoms with Crippen molar-refractivity contribution in [2.45, 2.75) is 25.5 Å². The van der Waals surface area contributed by atoms with Crippen molar-refractivity contribution in [3.05, 3.63) is 35.9 Å². The molecule has 0 aromatic heterocycles. The molecule has 1 aliphatic rings. The molecule has 2 rings (SSSR count). The standard InChI is InChI=1S/C13H15NO3/c15-9-12-7-4-8-14(12)13(16)17-10-11-5-2-1-3-6-11/h1-3,5-6,9,12H,4,7-8,10H2. The van der Waals surface area contributed by atoms with E-state index in [-0.39, 0.29) is 12.6 Å². The molecule has 1 atom stereocenters. The zero-order chi connectivity index (χ0) is 12.1. The van der Waals surface area contributed by atoms with E-state index in [4.69, 9.17) is 4.74 Å². The van der Waals surface area contributed by atoms with Crippen molar-refractivity contribution in [1.29, 1.82) is 0 Å². The molecule has 1 fully saturated rings. The maximum atomic E-state index is 11.7. The molecular weight excluding hydrogens is 218 g/mol. The summed E-state index contributed by atoms with van der Waals surface area (Å²) in [4.78, 5) is 24.0. The van der Waals surface area contributed by atoms with Gasteiger partial charge in [0.05, 0.1) is 6.04 Å². The van der Waals surface area contributed by atoms with Gasteiger partial charge in [-0.25, -0.2) is 4.79 Å². The smallest absolute Gasteiger partial charge is 0.410 e. The van der Waals surface area contributed by atoms with Gasteiger partial charge in [0.2, 0.25) is 0 Å². The average molecular weight is 233 g/mol. The molecule has 90 valence electrons. The Morgan fingerprint density at radius 2 is 2.18 bits per heavy atom. The lowest BCUT2D eigenvalue weighted by molar-refractivity contribution is -0.111. The topological polar surface area (TPSA) is 46.6 Å². The molecule has 4 heteroatoms. The van der Waals surface area contributed by atoms with Gasteiger partial charge in [0.25, 0.3) is 0 Å². The van der Waals surface area contributed by atoms with E-state index in [1.807, 2.05) is 30.3 Å². The molecule has 1 amide bonds. The second-order valence-corrected chi connectivity index (χ2v) is 4.08. The molecule has 0 saturated carbocycles. The monoisotopic (exact) mass is 233 g/mol. The summed E-state index contributed by atoms with van der Waals surface area (Å²) in [5, 5.41) is 0. The van der Waals surface area contributed by atoms with E-state index in [0.717, 1.165) is 24.7 Å². The van der Waals surface area contributed by atoms with E-state index in [0.29, 0.717) is 6.54 Å². The second-order valence-electron chi connectivity index (χ2n) is 4.08. The first-order valence-corrected chi connectivity index (χ1v) is 5.74. The lowest BCUT2D eigenvalue weighted by atomic mass is 10.2. The van der Waals surface area contributed by atoms with Crippen LogP contribution in [0.4, 0.5) is 4.79 Å². The molecule has 1 aromatic carbocycles. The van der Waals surface area contributed by atoms with Gasteiger partial charge in [-0.2, -0.15) is 0 Å². The highest BCUT2D eigenvalue weighted by Crippen LogP contribution is 2.16. The summed E-state index contributed by atoms with van der Waals surface area (Å²) in [5.74, 6) is 0. The molecule has 0 bridgehead atoms. The Balaban J connectivity index is 1.87. The van der Waals surface area contributed by atoms with Crippen molar-refractivity contribution < 1.29 is 14.3 Å². The minimum atomic E-state index is -0.400. The fourth-order valence-electron chi connectivity index (χ4n) is 1.96. The van der Waals surface area contributed by atoms with Crippen LogP contribution in [0.3, 0.4) is 0 Å². The number of nitrogens with zero attached hydrogens (tertiary/aromatic N) is 1.